The van der Waals surface area contributed by atoms with Gasteiger partial charge in [0, 0.05) is 37.2 Å². The minimum atomic E-state index is 0.844. The van der Waals surface area contributed by atoms with Crippen LogP contribution in [-0.2, 0) is 0 Å². The lowest BCUT2D eigenvalue weighted by Crippen LogP contribution is -2.33. The lowest BCUT2D eigenvalue weighted by molar-refractivity contribution is 0.814. The van der Waals surface area contributed by atoms with Crippen molar-refractivity contribution in [3.8, 4) is 0 Å². The van der Waals surface area contributed by atoms with Gasteiger partial charge < -0.3 is 10.2 Å². The molecule has 1 saturated heterocycles. The zero-order valence-corrected chi connectivity index (χ0v) is 11.9. The largest absolute Gasteiger partial charge is 0.370 e. The van der Waals surface area contributed by atoms with Gasteiger partial charge in [-0.25, -0.2) is 9.97 Å². The molecule has 1 aromatic rings. The topological polar surface area (TPSA) is 41.0 Å². The number of rotatable bonds is 4. The molecule has 17 heavy (non-hydrogen) atoms. The van der Waals surface area contributed by atoms with E-state index in [1.165, 1.54) is 11.5 Å². The van der Waals surface area contributed by atoms with Crippen LogP contribution in [-0.4, -0.2) is 47.4 Å². The number of hydrogen-bond donors (Lipinski definition) is 1. The van der Waals surface area contributed by atoms with Crippen molar-refractivity contribution in [2.24, 2.45) is 0 Å². The van der Waals surface area contributed by atoms with E-state index in [1.54, 1.807) is 11.8 Å². The molecule has 1 aliphatic rings. The SMILES string of the molecule is CCNc1cc(N2CCSCC2)nc(SC)n1. The summed E-state index contributed by atoms with van der Waals surface area (Å²) < 4.78 is 0. The molecule has 2 rings (SSSR count). The highest BCUT2D eigenvalue weighted by Crippen LogP contribution is 2.22. The van der Waals surface area contributed by atoms with Gasteiger partial charge in [0.25, 0.3) is 0 Å². The van der Waals surface area contributed by atoms with Crippen molar-refractivity contribution in [3.05, 3.63) is 6.07 Å². The Bertz CT molecular complexity index is 366. The third-order valence-electron chi connectivity index (χ3n) is 2.57. The summed E-state index contributed by atoms with van der Waals surface area (Å²) in [6.07, 6.45) is 2.01. The molecule has 0 bridgehead atoms. The summed E-state index contributed by atoms with van der Waals surface area (Å²) in [5.74, 6) is 4.37. The summed E-state index contributed by atoms with van der Waals surface area (Å²) in [5, 5.41) is 4.11. The van der Waals surface area contributed by atoms with Gasteiger partial charge in [0.2, 0.25) is 0 Å². The highest BCUT2D eigenvalue weighted by atomic mass is 32.2. The van der Waals surface area contributed by atoms with Crippen LogP contribution in [0, 0.1) is 0 Å². The second-order valence-corrected chi connectivity index (χ2v) is 5.73. The van der Waals surface area contributed by atoms with Crippen LogP contribution in [0.5, 0.6) is 0 Å². The van der Waals surface area contributed by atoms with Crippen LogP contribution in [0.15, 0.2) is 11.2 Å². The van der Waals surface area contributed by atoms with E-state index in [-0.39, 0.29) is 0 Å². The maximum absolute atomic E-state index is 4.59. The van der Waals surface area contributed by atoms with Gasteiger partial charge in [-0.15, -0.1) is 0 Å². The van der Waals surface area contributed by atoms with E-state index in [4.69, 9.17) is 0 Å². The Morgan fingerprint density at radius 3 is 2.82 bits per heavy atom. The van der Waals surface area contributed by atoms with E-state index in [2.05, 4.69) is 33.2 Å². The highest BCUT2D eigenvalue weighted by Gasteiger charge is 2.14. The van der Waals surface area contributed by atoms with Crippen molar-refractivity contribution >= 4 is 35.2 Å². The maximum atomic E-state index is 4.59. The van der Waals surface area contributed by atoms with E-state index < -0.39 is 0 Å². The Morgan fingerprint density at radius 2 is 2.18 bits per heavy atom. The molecule has 1 aliphatic heterocycles. The van der Waals surface area contributed by atoms with Gasteiger partial charge in [-0.05, 0) is 13.2 Å². The second-order valence-electron chi connectivity index (χ2n) is 3.73. The lowest BCUT2D eigenvalue weighted by atomic mass is 10.4. The molecule has 0 radical (unpaired) electrons. The zero-order chi connectivity index (χ0) is 12.1. The molecule has 0 saturated carbocycles. The number of aromatic nitrogens is 2. The van der Waals surface area contributed by atoms with Gasteiger partial charge in [-0.1, -0.05) is 11.8 Å². The fraction of sp³-hybridized carbons (Fsp3) is 0.636. The molecule has 1 fully saturated rings. The van der Waals surface area contributed by atoms with E-state index >= 15 is 0 Å². The molecular formula is C11H18N4S2. The van der Waals surface area contributed by atoms with Crippen molar-refractivity contribution in [3.63, 3.8) is 0 Å². The molecule has 0 aliphatic carbocycles. The summed E-state index contributed by atoms with van der Waals surface area (Å²) in [4.78, 5) is 11.4. The predicted molar refractivity (Wildman–Crippen MR) is 77.5 cm³/mol. The molecule has 0 spiro atoms. The molecule has 0 aromatic carbocycles. The van der Waals surface area contributed by atoms with Crippen LogP contribution in [0.1, 0.15) is 6.92 Å². The fourth-order valence-electron chi connectivity index (χ4n) is 1.73. The van der Waals surface area contributed by atoms with Crippen LogP contribution in [0.25, 0.3) is 0 Å². The first-order valence-electron chi connectivity index (χ1n) is 5.83. The van der Waals surface area contributed by atoms with E-state index in [9.17, 15) is 0 Å². The number of thioether (sulfide) groups is 2. The third kappa shape index (κ3) is 3.42. The molecule has 1 aromatic heterocycles. The Kier molecular flexibility index (Phi) is 4.79. The normalized spacial score (nSPS) is 16.0. The average molecular weight is 270 g/mol. The average Bonchev–Trinajstić information content (AvgIpc) is 2.40. The smallest absolute Gasteiger partial charge is 0.191 e. The minimum absolute atomic E-state index is 0.844. The van der Waals surface area contributed by atoms with Crippen LogP contribution >= 0.6 is 23.5 Å². The van der Waals surface area contributed by atoms with Crippen molar-refractivity contribution in [1.29, 1.82) is 0 Å². The first kappa shape index (κ1) is 12.8. The molecule has 0 atom stereocenters. The fourth-order valence-corrected chi connectivity index (χ4v) is 3.01. The van der Waals surface area contributed by atoms with Crippen LogP contribution in [0.2, 0.25) is 0 Å². The number of nitrogens with one attached hydrogen (secondary N) is 1. The highest BCUT2D eigenvalue weighted by molar-refractivity contribution is 7.99. The maximum Gasteiger partial charge on any atom is 0.191 e. The van der Waals surface area contributed by atoms with Gasteiger partial charge >= 0.3 is 0 Å². The number of nitrogens with zero attached hydrogens (tertiary/aromatic N) is 3. The number of hydrogen-bond acceptors (Lipinski definition) is 6. The molecule has 0 unspecified atom stereocenters. The first-order chi connectivity index (χ1) is 8.33. The van der Waals surface area contributed by atoms with E-state index in [1.807, 2.05) is 18.0 Å². The van der Waals surface area contributed by atoms with E-state index in [0.29, 0.717) is 0 Å². The zero-order valence-electron chi connectivity index (χ0n) is 10.3. The minimum Gasteiger partial charge on any atom is -0.370 e. The second kappa shape index (κ2) is 6.35. The first-order valence-corrected chi connectivity index (χ1v) is 8.21. The Balaban J connectivity index is 2.21. The van der Waals surface area contributed by atoms with Gasteiger partial charge in [0.1, 0.15) is 11.6 Å². The molecule has 4 nitrogen and oxygen atoms in total. The Labute approximate surface area is 111 Å². The Morgan fingerprint density at radius 1 is 1.41 bits per heavy atom. The van der Waals surface area contributed by atoms with Crippen LogP contribution in [0.4, 0.5) is 11.6 Å². The van der Waals surface area contributed by atoms with Crippen molar-refractivity contribution in [1.82, 2.24) is 9.97 Å². The summed E-state index contributed by atoms with van der Waals surface area (Å²) >= 11 is 3.60. The quantitative estimate of drug-likeness (QED) is 0.668. The van der Waals surface area contributed by atoms with Crippen LogP contribution < -0.4 is 10.2 Å². The van der Waals surface area contributed by atoms with Gasteiger partial charge in [0.15, 0.2) is 5.16 Å². The molecule has 2 heterocycles. The third-order valence-corrected chi connectivity index (χ3v) is 4.06. The summed E-state index contributed by atoms with van der Waals surface area (Å²) in [6.45, 7) is 5.14. The van der Waals surface area contributed by atoms with Crippen molar-refractivity contribution < 1.29 is 0 Å². The Hall–Kier alpha value is -0.620. The van der Waals surface area contributed by atoms with Crippen molar-refractivity contribution in [2.45, 2.75) is 12.1 Å². The standard InChI is InChI=1S/C11H18N4S2/c1-3-12-9-8-10(14-11(13-9)16-2)15-4-6-17-7-5-15/h8H,3-7H2,1-2H3,(H,12,13,14). The van der Waals surface area contributed by atoms with E-state index in [0.717, 1.165) is 36.4 Å². The summed E-state index contributed by atoms with van der Waals surface area (Å²) in [5.41, 5.74) is 0. The van der Waals surface area contributed by atoms with Gasteiger partial charge in [0.05, 0.1) is 0 Å². The van der Waals surface area contributed by atoms with Gasteiger partial charge in [-0.2, -0.15) is 11.8 Å². The number of anilines is 2. The summed E-state index contributed by atoms with van der Waals surface area (Å²) in [6, 6.07) is 2.05. The van der Waals surface area contributed by atoms with Crippen LogP contribution in [0.3, 0.4) is 0 Å². The van der Waals surface area contributed by atoms with Crippen molar-refractivity contribution in [2.75, 3.05) is 47.6 Å². The molecule has 94 valence electrons. The molecule has 0 amide bonds. The lowest BCUT2D eigenvalue weighted by Gasteiger charge is -2.27. The molecule has 6 heteroatoms. The summed E-state index contributed by atoms with van der Waals surface area (Å²) in [7, 11) is 0. The molecule has 1 N–H and O–H groups in total. The molecular weight excluding hydrogens is 252 g/mol. The predicted octanol–water partition coefficient (Wildman–Crippen LogP) is 2.18. The monoisotopic (exact) mass is 270 g/mol. The van der Waals surface area contributed by atoms with Gasteiger partial charge in [-0.3, -0.25) is 0 Å².